The molecule has 2 fully saturated rings. The Morgan fingerprint density at radius 2 is 2.17 bits per heavy atom. The maximum Gasteiger partial charge on any atom is 0.435 e. The number of hydrogen-bond acceptors (Lipinski definition) is 3. The fourth-order valence-electron chi connectivity index (χ4n) is 3.67. The number of nitrogens with zero attached hydrogens (tertiary/aromatic N) is 3. The van der Waals surface area contributed by atoms with Crippen LogP contribution in [0.4, 0.5) is 13.2 Å². The number of hydrogen-bond donors (Lipinski definition) is 1. The molecule has 2 atom stereocenters. The highest BCUT2D eigenvalue weighted by atomic mass is 19.4. The third kappa shape index (κ3) is 2.68. The molecule has 1 aliphatic carbocycles. The molecule has 23 heavy (non-hydrogen) atoms. The second kappa shape index (κ2) is 5.24. The third-order valence-electron chi connectivity index (χ3n) is 4.88. The first-order chi connectivity index (χ1) is 10.7. The van der Waals surface area contributed by atoms with Gasteiger partial charge in [0.25, 0.3) is 0 Å². The number of aliphatic carboxylic acids is 1. The van der Waals surface area contributed by atoms with Gasteiger partial charge in [0.2, 0.25) is 5.91 Å². The van der Waals surface area contributed by atoms with Gasteiger partial charge in [0.1, 0.15) is 6.54 Å². The van der Waals surface area contributed by atoms with E-state index in [2.05, 4.69) is 5.10 Å². The number of amides is 1. The molecule has 1 saturated carbocycles. The van der Waals surface area contributed by atoms with Crippen molar-refractivity contribution >= 4 is 11.9 Å². The Bertz CT molecular complexity index is 643. The van der Waals surface area contributed by atoms with Crippen LogP contribution in [0.25, 0.3) is 0 Å². The number of aromatic nitrogens is 2. The van der Waals surface area contributed by atoms with Crippen LogP contribution in [0.15, 0.2) is 12.3 Å². The minimum absolute atomic E-state index is 0.0766. The zero-order valence-electron chi connectivity index (χ0n) is 12.2. The van der Waals surface area contributed by atoms with Gasteiger partial charge in [0.15, 0.2) is 5.69 Å². The Hall–Kier alpha value is -2.06. The summed E-state index contributed by atoms with van der Waals surface area (Å²) in [7, 11) is 0. The lowest BCUT2D eigenvalue weighted by molar-refractivity contribution is -0.149. The third-order valence-corrected chi connectivity index (χ3v) is 4.88. The Morgan fingerprint density at radius 3 is 2.74 bits per heavy atom. The number of carbonyl (C=O) groups is 2. The number of halogens is 3. The van der Waals surface area contributed by atoms with Gasteiger partial charge in [0.05, 0.1) is 5.41 Å². The molecule has 2 heterocycles. The molecule has 3 rings (SSSR count). The van der Waals surface area contributed by atoms with Gasteiger partial charge in [-0.2, -0.15) is 18.3 Å². The van der Waals surface area contributed by atoms with Crippen molar-refractivity contribution in [1.29, 1.82) is 0 Å². The van der Waals surface area contributed by atoms with E-state index in [4.69, 9.17) is 0 Å². The van der Waals surface area contributed by atoms with Crippen molar-refractivity contribution in [1.82, 2.24) is 14.7 Å². The van der Waals surface area contributed by atoms with Crippen molar-refractivity contribution in [3.05, 3.63) is 18.0 Å². The number of fused-ring (bicyclic) bond motifs is 1. The van der Waals surface area contributed by atoms with Gasteiger partial charge < -0.3 is 10.0 Å². The zero-order chi connectivity index (χ0) is 16.8. The van der Waals surface area contributed by atoms with Gasteiger partial charge in [-0.3, -0.25) is 14.3 Å². The van der Waals surface area contributed by atoms with E-state index in [0.717, 1.165) is 29.8 Å². The number of carboxylic acids is 1. The lowest BCUT2D eigenvalue weighted by atomic mass is 9.81. The van der Waals surface area contributed by atoms with Gasteiger partial charge in [0, 0.05) is 19.3 Å². The van der Waals surface area contributed by atoms with Gasteiger partial charge in [-0.25, -0.2) is 0 Å². The molecular weight excluding hydrogens is 315 g/mol. The second-order valence-corrected chi connectivity index (χ2v) is 6.22. The summed E-state index contributed by atoms with van der Waals surface area (Å²) in [5.41, 5.74) is -1.94. The Morgan fingerprint density at radius 1 is 1.43 bits per heavy atom. The van der Waals surface area contributed by atoms with Crippen LogP contribution in [0.5, 0.6) is 0 Å². The SMILES string of the molecule is O=C(Cn1ccc(C(F)(F)F)n1)N1C[C@@H]2CCC[C@@]2(C(=O)O)C1. The molecule has 0 unspecified atom stereocenters. The molecule has 0 bridgehead atoms. The van der Waals surface area contributed by atoms with Crippen LogP contribution in [0, 0.1) is 11.3 Å². The summed E-state index contributed by atoms with van der Waals surface area (Å²) in [5, 5.41) is 12.8. The van der Waals surface area contributed by atoms with Gasteiger partial charge in [-0.15, -0.1) is 0 Å². The van der Waals surface area contributed by atoms with Crippen molar-refractivity contribution in [3.8, 4) is 0 Å². The van der Waals surface area contributed by atoms with E-state index in [1.165, 1.54) is 4.90 Å². The molecule has 1 amide bonds. The van der Waals surface area contributed by atoms with Gasteiger partial charge in [-0.1, -0.05) is 6.42 Å². The number of carbonyl (C=O) groups excluding carboxylic acids is 1. The molecule has 1 N–H and O–H groups in total. The van der Waals surface area contributed by atoms with Crippen LogP contribution < -0.4 is 0 Å². The topological polar surface area (TPSA) is 75.4 Å². The zero-order valence-corrected chi connectivity index (χ0v) is 12.2. The minimum atomic E-state index is -4.55. The van der Waals surface area contributed by atoms with Crippen molar-refractivity contribution in [2.24, 2.45) is 11.3 Å². The molecule has 1 aromatic rings. The van der Waals surface area contributed by atoms with Crippen molar-refractivity contribution in [2.45, 2.75) is 32.0 Å². The average Bonchev–Trinajstić information content (AvgIpc) is 3.09. The molecule has 6 nitrogen and oxygen atoms in total. The Labute approximate surface area is 129 Å². The Kier molecular flexibility index (Phi) is 3.61. The summed E-state index contributed by atoms with van der Waals surface area (Å²) >= 11 is 0. The molecule has 0 aromatic carbocycles. The Balaban J connectivity index is 1.68. The van der Waals surface area contributed by atoms with Crippen LogP contribution in [0.1, 0.15) is 25.0 Å². The molecule has 9 heteroatoms. The molecule has 126 valence electrons. The van der Waals surface area contributed by atoms with E-state index < -0.39 is 29.2 Å². The molecule has 0 spiro atoms. The van der Waals surface area contributed by atoms with Crippen LogP contribution in [0.2, 0.25) is 0 Å². The van der Waals surface area contributed by atoms with E-state index in [-0.39, 0.29) is 19.0 Å². The molecule has 1 aliphatic heterocycles. The van der Waals surface area contributed by atoms with Crippen molar-refractivity contribution < 1.29 is 27.9 Å². The summed E-state index contributed by atoms with van der Waals surface area (Å²) in [6, 6.07) is 0.810. The fourth-order valence-corrected chi connectivity index (χ4v) is 3.67. The van der Waals surface area contributed by atoms with Gasteiger partial charge >= 0.3 is 12.1 Å². The van der Waals surface area contributed by atoms with E-state index in [1.54, 1.807) is 0 Å². The second-order valence-electron chi connectivity index (χ2n) is 6.22. The maximum atomic E-state index is 12.5. The van der Waals surface area contributed by atoms with Gasteiger partial charge in [-0.05, 0) is 24.8 Å². The monoisotopic (exact) mass is 331 g/mol. The summed E-state index contributed by atoms with van der Waals surface area (Å²) in [6.07, 6.45) is -1.32. The normalized spacial score (nSPS) is 27.3. The highest BCUT2D eigenvalue weighted by Crippen LogP contribution is 2.48. The quantitative estimate of drug-likeness (QED) is 0.913. The minimum Gasteiger partial charge on any atom is -0.481 e. The summed E-state index contributed by atoms with van der Waals surface area (Å²) in [6.45, 7) is 0.149. The van der Waals surface area contributed by atoms with E-state index in [0.29, 0.717) is 13.0 Å². The van der Waals surface area contributed by atoms with Crippen LogP contribution >= 0.6 is 0 Å². The lowest BCUT2D eigenvalue weighted by Crippen LogP contribution is -2.38. The van der Waals surface area contributed by atoms with Crippen LogP contribution in [-0.4, -0.2) is 44.8 Å². The summed E-state index contributed by atoms with van der Waals surface area (Å²) < 4.78 is 38.4. The van der Waals surface area contributed by atoms with Crippen molar-refractivity contribution in [2.75, 3.05) is 13.1 Å². The fraction of sp³-hybridized carbons (Fsp3) is 0.643. The molecular formula is C14H16F3N3O3. The first-order valence-electron chi connectivity index (χ1n) is 7.34. The summed E-state index contributed by atoms with van der Waals surface area (Å²) in [5.74, 6) is -1.38. The predicted molar refractivity (Wildman–Crippen MR) is 71.2 cm³/mol. The molecule has 1 saturated heterocycles. The largest absolute Gasteiger partial charge is 0.481 e. The molecule has 2 aliphatic rings. The van der Waals surface area contributed by atoms with E-state index in [9.17, 15) is 27.9 Å². The molecule has 0 radical (unpaired) electrons. The first kappa shape index (κ1) is 15.8. The highest BCUT2D eigenvalue weighted by molar-refractivity contribution is 5.81. The average molecular weight is 331 g/mol. The van der Waals surface area contributed by atoms with E-state index >= 15 is 0 Å². The summed E-state index contributed by atoms with van der Waals surface area (Å²) in [4.78, 5) is 25.3. The number of rotatable bonds is 3. The number of alkyl halides is 3. The lowest BCUT2D eigenvalue weighted by Gasteiger charge is -2.23. The molecule has 1 aromatic heterocycles. The van der Waals surface area contributed by atoms with Crippen LogP contribution in [0.3, 0.4) is 0 Å². The van der Waals surface area contributed by atoms with Crippen molar-refractivity contribution in [3.63, 3.8) is 0 Å². The van der Waals surface area contributed by atoms with Crippen LogP contribution in [-0.2, 0) is 22.3 Å². The predicted octanol–water partition coefficient (Wildman–Crippen LogP) is 1.62. The highest BCUT2D eigenvalue weighted by Gasteiger charge is 2.55. The number of likely N-dealkylation sites (tertiary alicyclic amines) is 1. The number of carboxylic acid groups (broad SMARTS) is 1. The smallest absolute Gasteiger partial charge is 0.435 e. The standard InChI is InChI=1S/C14H16F3N3O3/c15-14(16,17)10-3-5-20(18-10)7-11(21)19-6-9-2-1-4-13(9,8-19)12(22)23/h3,5,9H,1-2,4,6-8H2,(H,22,23)/t9-,13+/m0/s1. The first-order valence-corrected chi connectivity index (χ1v) is 7.34. The maximum absolute atomic E-state index is 12.5. The van der Waals surface area contributed by atoms with E-state index in [1.807, 2.05) is 0 Å².